The van der Waals surface area contributed by atoms with Gasteiger partial charge in [0.2, 0.25) is 5.88 Å². The number of aryl methyl sites for hydroxylation is 1. The van der Waals surface area contributed by atoms with Gasteiger partial charge in [-0.05, 0) is 43.8 Å². The van der Waals surface area contributed by atoms with E-state index in [1.165, 1.54) is 0 Å². The molecule has 4 heteroatoms. The van der Waals surface area contributed by atoms with Crippen molar-refractivity contribution in [3.8, 4) is 17.7 Å². The maximum Gasteiger partial charge on any atom is 0.237 e. The van der Waals surface area contributed by atoms with Crippen molar-refractivity contribution >= 4 is 0 Å². The molecule has 0 atom stereocenters. The van der Waals surface area contributed by atoms with Crippen LogP contribution in [0.1, 0.15) is 16.8 Å². The summed E-state index contributed by atoms with van der Waals surface area (Å²) in [6.45, 7) is 2.63. The van der Waals surface area contributed by atoms with Gasteiger partial charge in [0.25, 0.3) is 0 Å². The number of ether oxygens (including phenoxy) is 1. The molecule has 0 aliphatic carbocycles. The Bertz CT molecular complexity index is 617. The third-order valence-corrected chi connectivity index (χ3v) is 2.61. The van der Waals surface area contributed by atoms with Crippen LogP contribution in [0.15, 0.2) is 36.4 Å². The van der Waals surface area contributed by atoms with E-state index in [2.05, 4.69) is 16.4 Å². The predicted octanol–water partition coefficient (Wildman–Crippen LogP) is 2.77. The molecule has 0 spiro atoms. The molecule has 0 bridgehead atoms. The molecule has 0 radical (unpaired) electrons. The molecule has 19 heavy (non-hydrogen) atoms. The highest BCUT2D eigenvalue weighted by Gasteiger charge is 2.07. The van der Waals surface area contributed by atoms with Gasteiger partial charge in [-0.3, -0.25) is 0 Å². The molecule has 1 aromatic heterocycles. The number of hydrogen-bond donors (Lipinski definition) is 1. The summed E-state index contributed by atoms with van der Waals surface area (Å²) in [5.74, 6) is 1.03. The first kappa shape index (κ1) is 13.1. The Morgan fingerprint density at radius 2 is 2.16 bits per heavy atom. The first-order chi connectivity index (χ1) is 9.22. The SMILES string of the molecule is CNCc1cccc(Oc2nc(C)ccc2C#N)c1. The van der Waals surface area contributed by atoms with Crippen molar-refractivity contribution in [2.24, 2.45) is 0 Å². The minimum Gasteiger partial charge on any atom is -0.438 e. The van der Waals surface area contributed by atoms with Crippen LogP contribution in [0.5, 0.6) is 11.6 Å². The number of rotatable bonds is 4. The van der Waals surface area contributed by atoms with Gasteiger partial charge in [-0.15, -0.1) is 0 Å². The number of nitrogens with one attached hydrogen (secondary N) is 1. The number of nitrogens with zero attached hydrogens (tertiary/aromatic N) is 2. The maximum atomic E-state index is 9.05. The van der Waals surface area contributed by atoms with E-state index < -0.39 is 0 Å². The van der Waals surface area contributed by atoms with Crippen molar-refractivity contribution < 1.29 is 4.74 Å². The summed E-state index contributed by atoms with van der Waals surface area (Å²) in [5.41, 5.74) is 2.37. The van der Waals surface area contributed by atoms with Gasteiger partial charge in [0.15, 0.2) is 0 Å². The standard InChI is InChI=1S/C15H15N3O/c1-11-6-7-13(9-16)15(18-11)19-14-5-3-4-12(8-14)10-17-2/h3-8,17H,10H2,1-2H3. The molecule has 1 aromatic carbocycles. The Kier molecular flexibility index (Phi) is 4.11. The van der Waals surface area contributed by atoms with Crippen LogP contribution in [-0.4, -0.2) is 12.0 Å². The second-order valence-corrected chi connectivity index (χ2v) is 4.20. The first-order valence-corrected chi connectivity index (χ1v) is 6.02. The number of pyridine rings is 1. The van der Waals surface area contributed by atoms with Gasteiger partial charge < -0.3 is 10.1 Å². The molecule has 96 valence electrons. The topological polar surface area (TPSA) is 57.9 Å². The van der Waals surface area contributed by atoms with Crippen LogP contribution in [0.2, 0.25) is 0 Å². The van der Waals surface area contributed by atoms with E-state index in [1.54, 1.807) is 12.1 Å². The third kappa shape index (κ3) is 3.30. The molecule has 0 unspecified atom stereocenters. The van der Waals surface area contributed by atoms with E-state index in [-0.39, 0.29) is 0 Å². The van der Waals surface area contributed by atoms with Gasteiger partial charge in [-0.2, -0.15) is 5.26 Å². The van der Waals surface area contributed by atoms with Crippen LogP contribution in [0, 0.1) is 18.3 Å². The molecule has 0 amide bonds. The van der Waals surface area contributed by atoms with Crippen molar-refractivity contribution in [2.75, 3.05) is 7.05 Å². The molecule has 1 heterocycles. The lowest BCUT2D eigenvalue weighted by Gasteiger charge is -2.08. The molecular weight excluding hydrogens is 238 g/mol. The van der Waals surface area contributed by atoms with Crippen molar-refractivity contribution in [3.05, 3.63) is 53.2 Å². The van der Waals surface area contributed by atoms with Gasteiger partial charge in [-0.25, -0.2) is 4.98 Å². The smallest absolute Gasteiger partial charge is 0.237 e. The number of nitriles is 1. The minimum atomic E-state index is 0.351. The highest BCUT2D eigenvalue weighted by Crippen LogP contribution is 2.24. The summed E-state index contributed by atoms with van der Waals surface area (Å²) in [6, 6.07) is 13.3. The Morgan fingerprint density at radius 1 is 1.32 bits per heavy atom. The molecule has 0 aliphatic heterocycles. The maximum absolute atomic E-state index is 9.05. The molecule has 0 saturated carbocycles. The van der Waals surface area contributed by atoms with Crippen molar-refractivity contribution in [2.45, 2.75) is 13.5 Å². The van der Waals surface area contributed by atoms with E-state index in [0.29, 0.717) is 17.2 Å². The van der Waals surface area contributed by atoms with E-state index in [1.807, 2.05) is 38.2 Å². The van der Waals surface area contributed by atoms with Gasteiger partial charge >= 0.3 is 0 Å². The Hall–Kier alpha value is -2.38. The van der Waals surface area contributed by atoms with Crippen LogP contribution in [0.4, 0.5) is 0 Å². The Morgan fingerprint density at radius 3 is 2.89 bits per heavy atom. The first-order valence-electron chi connectivity index (χ1n) is 6.02. The second kappa shape index (κ2) is 5.98. The highest BCUT2D eigenvalue weighted by atomic mass is 16.5. The monoisotopic (exact) mass is 253 g/mol. The van der Waals surface area contributed by atoms with E-state index in [9.17, 15) is 0 Å². The average Bonchev–Trinajstić information content (AvgIpc) is 2.40. The molecule has 0 fully saturated rings. The molecule has 2 aromatic rings. The van der Waals surface area contributed by atoms with Crippen molar-refractivity contribution in [3.63, 3.8) is 0 Å². The fraction of sp³-hybridized carbons (Fsp3) is 0.200. The van der Waals surface area contributed by atoms with E-state index >= 15 is 0 Å². The number of benzene rings is 1. The fourth-order valence-electron chi connectivity index (χ4n) is 1.73. The fourth-order valence-corrected chi connectivity index (χ4v) is 1.73. The van der Waals surface area contributed by atoms with E-state index in [4.69, 9.17) is 10.00 Å². The zero-order valence-corrected chi connectivity index (χ0v) is 11.0. The van der Waals surface area contributed by atoms with Gasteiger partial charge in [0, 0.05) is 12.2 Å². The molecule has 0 aliphatic rings. The number of hydrogen-bond acceptors (Lipinski definition) is 4. The van der Waals surface area contributed by atoms with Gasteiger partial charge in [0.1, 0.15) is 17.4 Å². The Balaban J connectivity index is 2.28. The quantitative estimate of drug-likeness (QED) is 0.910. The lowest BCUT2D eigenvalue weighted by atomic mass is 10.2. The average molecular weight is 253 g/mol. The highest BCUT2D eigenvalue weighted by molar-refractivity contribution is 5.41. The van der Waals surface area contributed by atoms with Crippen LogP contribution in [-0.2, 0) is 6.54 Å². The third-order valence-electron chi connectivity index (χ3n) is 2.61. The zero-order chi connectivity index (χ0) is 13.7. The molecular formula is C15H15N3O. The molecule has 0 saturated heterocycles. The normalized spacial score (nSPS) is 9.95. The van der Waals surface area contributed by atoms with E-state index in [0.717, 1.165) is 17.8 Å². The Labute approximate surface area is 112 Å². The summed E-state index contributed by atoms with van der Waals surface area (Å²) in [4.78, 5) is 4.25. The summed E-state index contributed by atoms with van der Waals surface area (Å²) >= 11 is 0. The summed E-state index contributed by atoms with van der Waals surface area (Å²) in [7, 11) is 1.89. The lowest BCUT2D eigenvalue weighted by molar-refractivity contribution is 0.459. The summed E-state index contributed by atoms with van der Waals surface area (Å²) in [6.07, 6.45) is 0. The van der Waals surface area contributed by atoms with Gasteiger partial charge in [0.05, 0.1) is 0 Å². The van der Waals surface area contributed by atoms with Crippen molar-refractivity contribution in [1.82, 2.24) is 10.3 Å². The molecule has 2 rings (SSSR count). The van der Waals surface area contributed by atoms with Crippen LogP contribution in [0.3, 0.4) is 0 Å². The minimum absolute atomic E-state index is 0.351. The van der Waals surface area contributed by atoms with Crippen LogP contribution < -0.4 is 10.1 Å². The largest absolute Gasteiger partial charge is 0.438 e. The summed E-state index contributed by atoms with van der Waals surface area (Å²) < 4.78 is 5.71. The van der Waals surface area contributed by atoms with Crippen LogP contribution >= 0.6 is 0 Å². The second-order valence-electron chi connectivity index (χ2n) is 4.20. The molecule has 1 N–H and O–H groups in total. The molecule has 4 nitrogen and oxygen atoms in total. The van der Waals surface area contributed by atoms with Crippen LogP contribution in [0.25, 0.3) is 0 Å². The van der Waals surface area contributed by atoms with Crippen molar-refractivity contribution in [1.29, 1.82) is 5.26 Å². The number of aromatic nitrogens is 1. The summed E-state index contributed by atoms with van der Waals surface area (Å²) in [5, 5.41) is 12.1. The zero-order valence-electron chi connectivity index (χ0n) is 11.0. The predicted molar refractivity (Wildman–Crippen MR) is 73.0 cm³/mol. The lowest BCUT2D eigenvalue weighted by Crippen LogP contribution is -2.04. The van der Waals surface area contributed by atoms with Gasteiger partial charge in [-0.1, -0.05) is 12.1 Å².